The number of nitrogens with one attached hydrogen (secondary N) is 1. The number of hydrogen-bond acceptors (Lipinski definition) is 2. The molecule has 4 aromatic rings. The van der Waals surface area contributed by atoms with Gasteiger partial charge in [0.05, 0.1) is 11.4 Å². The quantitative estimate of drug-likeness (QED) is 0.436. The Hall–Kier alpha value is -3.18. The largest absolute Gasteiger partial charge is 0.310 e. The van der Waals surface area contributed by atoms with Gasteiger partial charge in [0.15, 0.2) is 0 Å². The number of amides is 1. The van der Waals surface area contributed by atoms with Crippen molar-refractivity contribution in [1.82, 2.24) is 9.78 Å². The predicted molar refractivity (Wildman–Crippen MR) is 118 cm³/mol. The Labute approximate surface area is 177 Å². The van der Waals surface area contributed by atoms with Crippen LogP contribution in [-0.4, -0.2) is 15.7 Å². The first-order valence-corrected chi connectivity index (χ1v) is 10.3. The van der Waals surface area contributed by atoms with Crippen molar-refractivity contribution in [3.8, 4) is 16.9 Å². The second kappa shape index (κ2) is 7.33. The van der Waals surface area contributed by atoms with E-state index in [1.54, 1.807) is 0 Å². The molecule has 1 aliphatic heterocycles. The van der Waals surface area contributed by atoms with Crippen LogP contribution < -0.4 is 5.32 Å². The summed E-state index contributed by atoms with van der Waals surface area (Å²) in [7, 11) is 0. The number of carbonyl (C=O) groups is 1. The molecule has 5 heteroatoms. The van der Waals surface area contributed by atoms with Crippen molar-refractivity contribution in [2.24, 2.45) is 0 Å². The molecule has 0 saturated heterocycles. The maximum Gasteiger partial charge on any atom is 0.226 e. The maximum atomic E-state index is 12.7. The first kappa shape index (κ1) is 17.9. The number of anilines is 1. The van der Waals surface area contributed by atoms with E-state index in [1.807, 2.05) is 65.3 Å². The van der Waals surface area contributed by atoms with Crippen LogP contribution in [0.1, 0.15) is 23.5 Å². The minimum Gasteiger partial charge on any atom is -0.310 e. The van der Waals surface area contributed by atoms with Crippen molar-refractivity contribution in [2.75, 3.05) is 5.32 Å². The maximum absolute atomic E-state index is 12.7. The molecule has 5 rings (SSSR count). The van der Waals surface area contributed by atoms with Gasteiger partial charge in [0.1, 0.15) is 5.82 Å². The number of fused-ring (bicyclic) bond motifs is 1. The Kier molecular flexibility index (Phi) is 4.52. The lowest BCUT2D eigenvalue weighted by Crippen LogP contribution is -2.24. The van der Waals surface area contributed by atoms with Gasteiger partial charge in [-0.25, -0.2) is 4.68 Å². The van der Waals surface area contributed by atoms with Gasteiger partial charge >= 0.3 is 0 Å². The van der Waals surface area contributed by atoms with Crippen LogP contribution in [0, 0.1) is 0 Å². The van der Waals surface area contributed by atoms with Crippen molar-refractivity contribution in [1.29, 1.82) is 0 Å². The van der Waals surface area contributed by atoms with Gasteiger partial charge in [-0.2, -0.15) is 5.10 Å². The van der Waals surface area contributed by atoms with Gasteiger partial charge < -0.3 is 5.32 Å². The minimum atomic E-state index is -0.0658. The highest BCUT2D eigenvalue weighted by Crippen LogP contribution is 2.44. The van der Waals surface area contributed by atoms with E-state index in [2.05, 4.69) is 45.5 Å². The molecule has 4 nitrogen and oxygen atoms in total. The number of hydrogen-bond donors (Lipinski definition) is 1. The predicted octanol–water partition coefficient (Wildman–Crippen LogP) is 5.78. The van der Waals surface area contributed by atoms with E-state index in [4.69, 9.17) is 5.10 Å². The molecular weight excluding hydrogens is 426 g/mol. The first-order valence-electron chi connectivity index (χ1n) is 9.50. The fourth-order valence-corrected chi connectivity index (χ4v) is 4.34. The van der Waals surface area contributed by atoms with E-state index in [9.17, 15) is 4.79 Å². The highest BCUT2D eigenvalue weighted by atomic mass is 79.9. The van der Waals surface area contributed by atoms with Crippen LogP contribution in [0.2, 0.25) is 0 Å². The van der Waals surface area contributed by atoms with Crippen LogP contribution in [0.5, 0.6) is 0 Å². The smallest absolute Gasteiger partial charge is 0.226 e. The second-order valence-electron chi connectivity index (χ2n) is 7.08. The molecule has 0 saturated carbocycles. The Morgan fingerprint density at radius 2 is 1.66 bits per heavy atom. The van der Waals surface area contributed by atoms with Crippen LogP contribution in [0.25, 0.3) is 16.9 Å². The summed E-state index contributed by atoms with van der Waals surface area (Å²) in [6, 6.07) is 28.2. The molecule has 1 atom stereocenters. The molecule has 1 aromatic heterocycles. The average molecular weight is 444 g/mol. The van der Waals surface area contributed by atoms with Gasteiger partial charge in [-0.15, -0.1) is 0 Å². The normalized spacial score (nSPS) is 15.6. The summed E-state index contributed by atoms with van der Waals surface area (Å²) < 4.78 is 2.85. The zero-order chi connectivity index (χ0) is 19.8. The van der Waals surface area contributed by atoms with Crippen molar-refractivity contribution in [3.05, 3.63) is 101 Å². The number of rotatable bonds is 3. The summed E-state index contributed by atoms with van der Waals surface area (Å²) >= 11 is 3.57. The fraction of sp³-hybridized carbons (Fsp3) is 0.0833. The van der Waals surface area contributed by atoms with Gasteiger partial charge in [-0.3, -0.25) is 4.79 Å². The number of benzene rings is 3. The third-order valence-electron chi connectivity index (χ3n) is 5.22. The van der Waals surface area contributed by atoms with Gasteiger partial charge in [-0.1, -0.05) is 76.6 Å². The van der Waals surface area contributed by atoms with E-state index in [1.165, 1.54) is 0 Å². The number of halogens is 1. The van der Waals surface area contributed by atoms with Gasteiger partial charge in [0, 0.05) is 27.9 Å². The van der Waals surface area contributed by atoms with E-state index in [0.717, 1.165) is 38.4 Å². The number of nitrogens with zero attached hydrogens (tertiary/aromatic N) is 2. The molecule has 0 radical (unpaired) electrons. The Bertz CT molecular complexity index is 1190. The van der Waals surface area contributed by atoms with Crippen molar-refractivity contribution in [2.45, 2.75) is 12.3 Å². The topological polar surface area (TPSA) is 46.9 Å². The van der Waals surface area contributed by atoms with Crippen LogP contribution in [0.4, 0.5) is 5.82 Å². The van der Waals surface area contributed by atoms with Crippen molar-refractivity contribution >= 4 is 27.7 Å². The lowest BCUT2D eigenvalue weighted by molar-refractivity contribution is -0.116. The van der Waals surface area contributed by atoms with Gasteiger partial charge in [0.25, 0.3) is 0 Å². The highest BCUT2D eigenvalue weighted by molar-refractivity contribution is 9.10. The van der Waals surface area contributed by atoms with E-state index in [-0.39, 0.29) is 11.8 Å². The summed E-state index contributed by atoms with van der Waals surface area (Å²) in [6.07, 6.45) is 0.393. The Morgan fingerprint density at radius 1 is 0.931 bits per heavy atom. The Morgan fingerprint density at radius 3 is 2.38 bits per heavy atom. The molecule has 0 aliphatic carbocycles. The van der Waals surface area contributed by atoms with Crippen LogP contribution >= 0.6 is 15.9 Å². The van der Waals surface area contributed by atoms with E-state index < -0.39 is 0 Å². The summed E-state index contributed by atoms with van der Waals surface area (Å²) in [5.41, 5.74) is 5.00. The molecule has 0 bridgehead atoms. The monoisotopic (exact) mass is 443 g/mol. The molecule has 0 spiro atoms. The van der Waals surface area contributed by atoms with E-state index >= 15 is 0 Å². The average Bonchev–Trinajstić information content (AvgIpc) is 3.14. The second-order valence-corrected chi connectivity index (χ2v) is 8.00. The molecule has 1 aliphatic rings. The molecule has 2 heterocycles. The summed E-state index contributed by atoms with van der Waals surface area (Å²) in [5, 5.41) is 8.04. The lowest BCUT2D eigenvalue weighted by atomic mass is 9.84. The first-order chi connectivity index (χ1) is 14.2. The van der Waals surface area contributed by atoms with Crippen molar-refractivity contribution in [3.63, 3.8) is 0 Å². The van der Waals surface area contributed by atoms with Gasteiger partial charge in [-0.05, 0) is 29.8 Å². The molecular formula is C24H18BrN3O. The molecule has 1 amide bonds. The zero-order valence-corrected chi connectivity index (χ0v) is 17.1. The van der Waals surface area contributed by atoms with E-state index in [0.29, 0.717) is 6.42 Å². The molecule has 1 unspecified atom stereocenters. The zero-order valence-electron chi connectivity index (χ0n) is 15.5. The number of para-hydroxylation sites is 1. The summed E-state index contributed by atoms with van der Waals surface area (Å²) in [6.45, 7) is 0. The number of carbonyl (C=O) groups excluding carboxylic acids is 1. The third kappa shape index (κ3) is 3.28. The molecule has 0 fully saturated rings. The lowest BCUT2D eigenvalue weighted by Gasteiger charge is -2.25. The SMILES string of the molecule is O=C1CC(c2cccc(Br)c2)c2c(-c3ccccc3)nn(-c3ccccc3)c2N1. The van der Waals surface area contributed by atoms with Gasteiger partial charge in [0.2, 0.25) is 5.91 Å². The standard InChI is InChI=1S/C24H18BrN3O/c25-18-11-7-10-17(14-18)20-15-21(29)26-24-22(20)23(16-8-3-1-4-9-16)27-28(24)19-12-5-2-6-13-19/h1-14,20H,15H2,(H,26,29). The molecule has 1 N–H and O–H groups in total. The van der Waals surface area contributed by atoms with Crippen LogP contribution in [0.3, 0.4) is 0 Å². The molecule has 29 heavy (non-hydrogen) atoms. The number of aromatic nitrogens is 2. The summed E-state index contributed by atoms with van der Waals surface area (Å²) in [5.74, 6) is 0.680. The van der Waals surface area contributed by atoms with Crippen molar-refractivity contribution < 1.29 is 4.79 Å². The van der Waals surface area contributed by atoms with Crippen LogP contribution in [-0.2, 0) is 4.79 Å². The highest BCUT2D eigenvalue weighted by Gasteiger charge is 2.34. The minimum absolute atomic E-state index is 0.000770. The van der Waals surface area contributed by atoms with Crippen LogP contribution in [0.15, 0.2) is 89.4 Å². The Balaban J connectivity index is 1.78. The molecule has 142 valence electrons. The molecule has 3 aromatic carbocycles. The summed E-state index contributed by atoms with van der Waals surface area (Å²) in [4.78, 5) is 12.7. The fourth-order valence-electron chi connectivity index (χ4n) is 3.92. The third-order valence-corrected chi connectivity index (χ3v) is 5.71.